The van der Waals surface area contributed by atoms with E-state index in [2.05, 4.69) is 133 Å². The highest BCUT2D eigenvalue weighted by molar-refractivity contribution is 6.24. The predicted octanol–water partition coefficient (Wildman–Crippen LogP) is 10.1. The molecule has 1 aliphatic carbocycles. The van der Waals surface area contributed by atoms with Gasteiger partial charge >= 0.3 is 0 Å². The van der Waals surface area contributed by atoms with Gasteiger partial charge in [-0.2, -0.15) is 0 Å². The Labute approximate surface area is 210 Å². The molecule has 166 valence electrons. The minimum absolute atomic E-state index is 1.27. The molecule has 0 fully saturated rings. The standard InChI is InChI=1S/C36H22/c1-3-13-26-23(9-1)11-7-17-28(26)29-15-5-6-16-30(29)32-22-20-25-12-8-18-31-33-21-19-24-10-2-4-14-27(24)35(33)36(32)34(25)31/h1-22H. The highest BCUT2D eigenvalue weighted by Crippen LogP contribution is 2.54. The summed E-state index contributed by atoms with van der Waals surface area (Å²) in [6.07, 6.45) is 0. The SMILES string of the molecule is c1ccc(-c2cccc3ccccc23)c(-c2ccc3cccc4c3c2-c2c-4ccc3ccccc23)c1. The maximum atomic E-state index is 2.34. The summed E-state index contributed by atoms with van der Waals surface area (Å²) in [4.78, 5) is 0. The predicted molar refractivity (Wildman–Crippen MR) is 154 cm³/mol. The van der Waals surface area contributed by atoms with Crippen LogP contribution < -0.4 is 0 Å². The van der Waals surface area contributed by atoms with Crippen molar-refractivity contribution in [3.8, 4) is 44.5 Å². The van der Waals surface area contributed by atoms with E-state index in [1.807, 2.05) is 0 Å². The molecule has 0 atom stereocenters. The van der Waals surface area contributed by atoms with Crippen LogP contribution in [-0.2, 0) is 0 Å². The van der Waals surface area contributed by atoms with Gasteiger partial charge in [0.15, 0.2) is 0 Å². The van der Waals surface area contributed by atoms with Crippen LogP contribution in [-0.4, -0.2) is 0 Å². The van der Waals surface area contributed by atoms with E-state index in [1.54, 1.807) is 0 Å². The van der Waals surface area contributed by atoms with Crippen LogP contribution in [0, 0.1) is 0 Å². The zero-order valence-electron chi connectivity index (χ0n) is 19.7. The largest absolute Gasteiger partial charge is 0.0616 e. The van der Waals surface area contributed by atoms with Crippen LogP contribution in [0.25, 0.3) is 76.8 Å². The first-order chi connectivity index (χ1) is 17.9. The number of hydrogen-bond donors (Lipinski definition) is 0. The van der Waals surface area contributed by atoms with Gasteiger partial charge in [0.2, 0.25) is 0 Å². The second-order valence-electron chi connectivity index (χ2n) is 9.67. The summed E-state index contributed by atoms with van der Waals surface area (Å²) in [6.45, 7) is 0. The minimum atomic E-state index is 1.27. The lowest BCUT2D eigenvalue weighted by molar-refractivity contribution is 1.61. The average Bonchev–Trinajstić information content (AvgIpc) is 3.29. The monoisotopic (exact) mass is 454 g/mol. The first-order valence-corrected chi connectivity index (χ1v) is 12.5. The second-order valence-corrected chi connectivity index (χ2v) is 9.67. The van der Waals surface area contributed by atoms with Crippen molar-refractivity contribution < 1.29 is 0 Å². The van der Waals surface area contributed by atoms with Crippen LogP contribution >= 0.6 is 0 Å². The highest BCUT2D eigenvalue weighted by Gasteiger charge is 2.27. The lowest BCUT2D eigenvalue weighted by Crippen LogP contribution is -1.90. The van der Waals surface area contributed by atoms with E-state index in [4.69, 9.17) is 0 Å². The van der Waals surface area contributed by atoms with Crippen molar-refractivity contribution in [2.45, 2.75) is 0 Å². The molecular formula is C36H22. The molecule has 0 heteroatoms. The van der Waals surface area contributed by atoms with Gasteiger partial charge in [-0.15, -0.1) is 0 Å². The quantitative estimate of drug-likeness (QED) is 0.244. The summed E-state index contributed by atoms with van der Waals surface area (Å²) in [5.41, 5.74) is 10.5. The molecule has 36 heavy (non-hydrogen) atoms. The van der Waals surface area contributed by atoms with Gasteiger partial charge in [0, 0.05) is 0 Å². The zero-order chi connectivity index (χ0) is 23.6. The molecule has 1 aliphatic rings. The van der Waals surface area contributed by atoms with E-state index in [1.165, 1.54) is 76.8 Å². The summed E-state index contributed by atoms with van der Waals surface area (Å²) in [6, 6.07) is 49.0. The van der Waals surface area contributed by atoms with E-state index in [9.17, 15) is 0 Å². The summed E-state index contributed by atoms with van der Waals surface area (Å²) in [7, 11) is 0. The number of benzene rings is 7. The Morgan fingerprint density at radius 1 is 0.250 bits per heavy atom. The summed E-state index contributed by atoms with van der Waals surface area (Å²) in [5, 5.41) is 7.84. The highest BCUT2D eigenvalue weighted by atomic mass is 14.3. The minimum Gasteiger partial charge on any atom is -0.0616 e. The Balaban J connectivity index is 1.51. The Bertz CT molecular complexity index is 1990. The van der Waals surface area contributed by atoms with Crippen molar-refractivity contribution in [3.05, 3.63) is 133 Å². The molecule has 0 radical (unpaired) electrons. The summed E-state index contributed by atoms with van der Waals surface area (Å²) < 4.78 is 0. The van der Waals surface area contributed by atoms with Crippen LogP contribution in [0.4, 0.5) is 0 Å². The molecule has 7 aromatic rings. The Hall–Kier alpha value is -4.68. The van der Waals surface area contributed by atoms with Crippen LogP contribution in [0.3, 0.4) is 0 Å². The van der Waals surface area contributed by atoms with E-state index in [0.29, 0.717) is 0 Å². The van der Waals surface area contributed by atoms with Gasteiger partial charge < -0.3 is 0 Å². The van der Waals surface area contributed by atoms with Gasteiger partial charge in [0.05, 0.1) is 0 Å². The molecule has 0 saturated heterocycles. The van der Waals surface area contributed by atoms with Crippen molar-refractivity contribution >= 4 is 32.3 Å². The average molecular weight is 455 g/mol. The van der Waals surface area contributed by atoms with Crippen molar-refractivity contribution in [1.82, 2.24) is 0 Å². The Morgan fingerprint density at radius 3 is 1.56 bits per heavy atom. The van der Waals surface area contributed by atoms with Gasteiger partial charge in [-0.25, -0.2) is 0 Å². The fourth-order valence-corrected chi connectivity index (χ4v) is 6.27. The van der Waals surface area contributed by atoms with Crippen LogP contribution in [0.2, 0.25) is 0 Å². The summed E-state index contributed by atoms with van der Waals surface area (Å²) in [5.74, 6) is 0. The molecule has 0 heterocycles. The fraction of sp³-hybridized carbons (Fsp3) is 0. The smallest absolute Gasteiger partial charge is 0.000786 e. The van der Waals surface area contributed by atoms with E-state index in [0.717, 1.165) is 0 Å². The third-order valence-corrected chi connectivity index (χ3v) is 7.81. The molecule has 0 bridgehead atoms. The van der Waals surface area contributed by atoms with E-state index >= 15 is 0 Å². The number of hydrogen-bond acceptors (Lipinski definition) is 0. The van der Waals surface area contributed by atoms with Gasteiger partial charge in [0.25, 0.3) is 0 Å². The maximum Gasteiger partial charge on any atom is -0.000786 e. The topological polar surface area (TPSA) is 0 Å². The van der Waals surface area contributed by atoms with Crippen LogP contribution in [0.5, 0.6) is 0 Å². The number of rotatable bonds is 2. The van der Waals surface area contributed by atoms with Crippen LogP contribution in [0.1, 0.15) is 0 Å². The first-order valence-electron chi connectivity index (χ1n) is 12.5. The van der Waals surface area contributed by atoms with Crippen LogP contribution in [0.15, 0.2) is 133 Å². The second kappa shape index (κ2) is 7.41. The van der Waals surface area contributed by atoms with Crippen molar-refractivity contribution in [2.75, 3.05) is 0 Å². The van der Waals surface area contributed by atoms with Gasteiger partial charge in [-0.1, -0.05) is 133 Å². The first kappa shape index (κ1) is 19.6. The van der Waals surface area contributed by atoms with Crippen molar-refractivity contribution in [1.29, 1.82) is 0 Å². The van der Waals surface area contributed by atoms with Crippen molar-refractivity contribution in [3.63, 3.8) is 0 Å². The lowest BCUT2D eigenvalue weighted by atomic mass is 9.86. The maximum absolute atomic E-state index is 2.34. The lowest BCUT2D eigenvalue weighted by Gasteiger charge is -2.17. The molecule has 0 aliphatic heterocycles. The zero-order valence-corrected chi connectivity index (χ0v) is 19.7. The van der Waals surface area contributed by atoms with E-state index in [-0.39, 0.29) is 0 Å². The Kier molecular flexibility index (Phi) is 4.03. The molecule has 0 aromatic heterocycles. The molecule has 0 amide bonds. The third kappa shape index (κ3) is 2.64. The summed E-state index contributed by atoms with van der Waals surface area (Å²) >= 11 is 0. The normalized spacial score (nSPS) is 11.9. The molecule has 7 aromatic carbocycles. The third-order valence-electron chi connectivity index (χ3n) is 7.81. The molecule has 0 nitrogen and oxygen atoms in total. The molecule has 0 saturated carbocycles. The van der Waals surface area contributed by atoms with Crippen molar-refractivity contribution in [2.24, 2.45) is 0 Å². The fourth-order valence-electron chi connectivity index (χ4n) is 6.27. The molecular weight excluding hydrogens is 432 g/mol. The molecule has 0 unspecified atom stereocenters. The van der Waals surface area contributed by atoms with Gasteiger partial charge in [-0.3, -0.25) is 0 Å². The number of fused-ring (bicyclic) bond motifs is 6. The van der Waals surface area contributed by atoms with Gasteiger partial charge in [0.1, 0.15) is 0 Å². The van der Waals surface area contributed by atoms with E-state index < -0.39 is 0 Å². The molecule has 0 N–H and O–H groups in total. The molecule has 0 spiro atoms. The molecule has 8 rings (SSSR count). The Morgan fingerprint density at radius 2 is 0.750 bits per heavy atom. The van der Waals surface area contributed by atoms with Gasteiger partial charge in [-0.05, 0) is 76.8 Å².